The van der Waals surface area contributed by atoms with Crippen molar-refractivity contribution in [1.29, 1.82) is 0 Å². The van der Waals surface area contributed by atoms with Crippen molar-refractivity contribution in [3.8, 4) is 0 Å². The monoisotopic (exact) mass is 234 g/mol. The Balaban J connectivity index is 1.90. The predicted octanol–water partition coefficient (Wildman–Crippen LogP) is 1.54. The van der Waals surface area contributed by atoms with Crippen molar-refractivity contribution in [3.05, 3.63) is 35.6 Å². The lowest BCUT2D eigenvalue weighted by Gasteiger charge is -2.14. The van der Waals surface area contributed by atoms with Gasteiger partial charge in [0.15, 0.2) is 0 Å². The quantitative estimate of drug-likeness (QED) is 0.636. The first kappa shape index (κ1) is 10.7. The minimum absolute atomic E-state index is 0.107. The second-order valence-corrected chi connectivity index (χ2v) is 4.75. The molecule has 3 unspecified atom stereocenters. The van der Waals surface area contributed by atoms with E-state index < -0.39 is 0 Å². The van der Waals surface area contributed by atoms with Crippen molar-refractivity contribution in [2.45, 2.75) is 5.41 Å². The minimum atomic E-state index is -0.185. The van der Waals surface area contributed by atoms with E-state index in [0.29, 0.717) is 11.8 Å². The van der Waals surface area contributed by atoms with Gasteiger partial charge in [-0.2, -0.15) is 0 Å². The third kappa shape index (κ3) is 1.47. The van der Waals surface area contributed by atoms with Crippen LogP contribution in [-0.4, -0.2) is 26.4 Å². The number of fused-ring (bicyclic) bond motifs is 1. The smallest absolute Gasteiger partial charge is 0.123 e. The van der Waals surface area contributed by atoms with Crippen molar-refractivity contribution < 1.29 is 9.23 Å². The Morgan fingerprint density at radius 3 is 2.94 bits per heavy atom. The molecule has 2 fully saturated rings. The SMILES string of the molecule is CON=CC1C2CNCC12c1ccc(F)cc1. The van der Waals surface area contributed by atoms with Gasteiger partial charge in [0.05, 0.1) is 0 Å². The number of hydrogen-bond acceptors (Lipinski definition) is 3. The van der Waals surface area contributed by atoms with Crippen LogP contribution in [0.5, 0.6) is 0 Å². The van der Waals surface area contributed by atoms with E-state index in [4.69, 9.17) is 4.84 Å². The van der Waals surface area contributed by atoms with E-state index in [-0.39, 0.29) is 11.2 Å². The van der Waals surface area contributed by atoms with Crippen LogP contribution >= 0.6 is 0 Å². The second-order valence-electron chi connectivity index (χ2n) is 4.75. The van der Waals surface area contributed by atoms with Gasteiger partial charge in [0, 0.05) is 24.1 Å². The first-order chi connectivity index (χ1) is 8.29. The van der Waals surface area contributed by atoms with Gasteiger partial charge < -0.3 is 10.2 Å². The Morgan fingerprint density at radius 2 is 2.24 bits per heavy atom. The van der Waals surface area contributed by atoms with E-state index >= 15 is 0 Å². The number of nitrogens with zero attached hydrogens (tertiary/aromatic N) is 1. The molecule has 0 aromatic heterocycles. The first-order valence-electron chi connectivity index (χ1n) is 5.82. The van der Waals surface area contributed by atoms with Crippen LogP contribution < -0.4 is 5.32 Å². The molecule has 3 rings (SSSR count). The van der Waals surface area contributed by atoms with Crippen LogP contribution in [0.25, 0.3) is 0 Å². The van der Waals surface area contributed by atoms with E-state index in [1.54, 1.807) is 7.11 Å². The van der Waals surface area contributed by atoms with Gasteiger partial charge in [-0.1, -0.05) is 17.3 Å². The molecule has 3 atom stereocenters. The number of piperidine rings is 1. The molecule has 0 radical (unpaired) electrons. The van der Waals surface area contributed by atoms with E-state index in [1.165, 1.54) is 17.7 Å². The summed E-state index contributed by atoms with van der Waals surface area (Å²) in [4.78, 5) is 4.75. The Labute approximate surface area is 99.7 Å². The average Bonchev–Trinajstić information content (AvgIpc) is 2.74. The minimum Gasteiger partial charge on any atom is -0.399 e. The second kappa shape index (κ2) is 3.81. The van der Waals surface area contributed by atoms with Crippen LogP contribution in [0.4, 0.5) is 4.39 Å². The molecule has 1 heterocycles. The Hall–Kier alpha value is -1.42. The molecule has 0 spiro atoms. The zero-order valence-corrected chi connectivity index (χ0v) is 9.69. The summed E-state index contributed by atoms with van der Waals surface area (Å²) in [6.07, 6.45) is 1.88. The van der Waals surface area contributed by atoms with Crippen molar-refractivity contribution in [2.75, 3.05) is 20.2 Å². The van der Waals surface area contributed by atoms with E-state index in [9.17, 15) is 4.39 Å². The number of hydrogen-bond donors (Lipinski definition) is 1. The largest absolute Gasteiger partial charge is 0.399 e. The lowest BCUT2D eigenvalue weighted by atomic mass is 9.93. The van der Waals surface area contributed by atoms with Gasteiger partial charge >= 0.3 is 0 Å². The number of oxime groups is 1. The average molecular weight is 234 g/mol. The van der Waals surface area contributed by atoms with Crippen molar-refractivity contribution in [2.24, 2.45) is 17.0 Å². The number of rotatable bonds is 3. The Kier molecular flexibility index (Phi) is 2.40. The van der Waals surface area contributed by atoms with Gasteiger partial charge in [0.25, 0.3) is 0 Å². The summed E-state index contributed by atoms with van der Waals surface area (Å²) in [7, 11) is 1.55. The summed E-state index contributed by atoms with van der Waals surface area (Å²) in [6.45, 7) is 1.93. The van der Waals surface area contributed by atoms with Crippen molar-refractivity contribution in [1.82, 2.24) is 5.32 Å². The fourth-order valence-electron chi connectivity index (χ4n) is 3.18. The lowest BCUT2D eigenvalue weighted by molar-refractivity contribution is 0.214. The highest BCUT2D eigenvalue weighted by Gasteiger charge is 2.67. The van der Waals surface area contributed by atoms with Gasteiger partial charge in [-0.15, -0.1) is 0 Å². The molecular formula is C13H15FN2O. The van der Waals surface area contributed by atoms with Gasteiger partial charge in [-0.25, -0.2) is 4.39 Å². The maximum Gasteiger partial charge on any atom is 0.123 e. The molecular weight excluding hydrogens is 219 g/mol. The molecule has 2 aliphatic rings. The highest BCUT2D eigenvalue weighted by atomic mass is 19.1. The summed E-state index contributed by atoms with van der Waals surface area (Å²) in [5, 5.41) is 7.26. The molecule has 17 heavy (non-hydrogen) atoms. The normalized spacial score (nSPS) is 34.9. The van der Waals surface area contributed by atoms with Gasteiger partial charge in [0.1, 0.15) is 12.9 Å². The van der Waals surface area contributed by atoms with Crippen LogP contribution in [0.15, 0.2) is 29.4 Å². The Bertz CT molecular complexity index is 445. The van der Waals surface area contributed by atoms with Gasteiger partial charge in [0.2, 0.25) is 0 Å². The van der Waals surface area contributed by atoms with Crippen LogP contribution in [0.3, 0.4) is 0 Å². The predicted molar refractivity (Wildman–Crippen MR) is 63.4 cm³/mol. The topological polar surface area (TPSA) is 33.6 Å². The molecule has 1 saturated heterocycles. The fraction of sp³-hybridized carbons (Fsp3) is 0.462. The molecule has 3 nitrogen and oxygen atoms in total. The summed E-state index contributed by atoms with van der Waals surface area (Å²) in [5.41, 5.74) is 1.30. The number of benzene rings is 1. The molecule has 4 heteroatoms. The molecule has 1 aliphatic heterocycles. The van der Waals surface area contributed by atoms with Crippen LogP contribution in [0.2, 0.25) is 0 Å². The Morgan fingerprint density at radius 1 is 1.47 bits per heavy atom. The maximum atomic E-state index is 12.9. The summed E-state index contributed by atoms with van der Waals surface area (Å²) >= 11 is 0. The van der Waals surface area contributed by atoms with Crippen LogP contribution in [0, 0.1) is 17.7 Å². The lowest BCUT2D eigenvalue weighted by Crippen LogP contribution is -2.23. The first-order valence-corrected chi connectivity index (χ1v) is 5.82. The van der Waals surface area contributed by atoms with Gasteiger partial charge in [-0.05, 0) is 30.2 Å². The van der Waals surface area contributed by atoms with E-state index in [2.05, 4.69) is 10.5 Å². The molecule has 1 N–H and O–H groups in total. The third-order valence-corrected chi connectivity index (χ3v) is 4.07. The van der Waals surface area contributed by atoms with Crippen LogP contribution in [0.1, 0.15) is 5.56 Å². The standard InChI is InChI=1S/C13H15FN2O/c1-17-16-7-12-11-6-15-8-13(11,12)9-2-4-10(14)5-3-9/h2-5,7,11-12,15H,6,8H2,1H3. The summed E-state index contributed by atoms with van der Waals surface area (Å²) in [6, 6.07) is 6.83. The van der Waals surface area contributed by atoms with Crippen molar-refractivity contribution in [3.63, 3.8) is 0 Å². The molecule has 1 saturated carbocycles. The highest BCUT2D eigenvalue weighted by molar-refractivity contribution is 5.71. The molecule has 90 valence electrons. The zero-order valence-electron chi connectivity index (χ0n) is 9.69. The fourth-order valence-corrected chi connectivity index (χ4v) is 3.18. The van der Waals surface area contributed by atoms with E-state index in [1.807, 2.05) is 18.3 Å². The summed E-state index contributed by atoms with van der Waals surface area (Å²) < 4.78 is 12.9. The van der Waals surface area contributed by atoms with Crippen LogP contribution in [-0.2, 0) is 10.3 Å². The molecule has 1 aromatic rings. The number of halogens is 1. The zero-order chi connectivity index (χ0) is 11.9. The molecule has 0 bridgehead atoms. The number of nitrogens with one attached hydrogen (secondary N) is 1. The molecule has 1 aliphatic carbocycles. The summed E-state index contributed by atoms with van der Waals surface area (Å²) in [5.74, 6) is 0.788. The molecule has 0 amide bonds. The van der Waals surface area contributed by atoms with Crippen molar-refractivity contribution >= 4 is 6.21 Å². The van der Waals surface area contributed by atoms with Gasteiger partial charge in [-0.3, -0.25) is 0 Å². The van der Waals surface area contributed by atoms with E-state index in [0.717, 1.165) is 13.1 Å². The third-order valence-electron chi connectivity index (χ3n) is 4.07. The maximum absolute atomic E-state index is 12.9. The highest BCUT2D eigenvalue weighted by Crippen LogP contribution is 2.61. The molecule has 1 aromatic carbocycles.